The highest BCUT2D eigenvalue weighted by molar-refractivity contribution is 5.94. The third kappa shape index (κ3) is 10.0. The van der Waals surface area contributed by atoms with Gasteiger partial charge in [-0.05, 0) is 44.0 Å². The van der Waals surface area contributed by atoms with Crippen molar-refractivity contribution >= 4 is 17.3 Å². The van der Waals surface area contributed by atoms with Gasteiger partial charge in [0, 0.05) is 24.7 Å². The van der Waals surface area contributed by atoms with E-state index in [4.69, 9.17) is 5.73 Å². The third-order valence-electron chi connectivity index (χ3n) is 7.28. The molecule has 10 nitrogen and oxygen atoms in total. The van der Waals surface area contributed by atoms with Crippen molar-refractivity contribution in [3.8, 4) is 11.9 Å². The molecule has 0 fully saturated rings. The molecular formula is C31H47N7O3. The van der Waals surface area contributed by atoms with Crippen molar-refractivity contribution in [2.45, 2.75) is 104 Å². The maximum absolute atomic E-state index is 12.9. The van der Waals surface area contributed by atoms with Crippen LogP contribution in [0.25, 0.3) is 0 Å². The number of nitriles is 1. The normalized spacial score (nSPS) is 11.9. The predicted molar refractivity (Wildman–Crippen MR) is 163 cm³/mol. The molecule has 224 valence electrons. The molecule has 0 aliphatic carbocycles. The fourth-order valence-electron chi connectivity index (χ4n) is 4.54. The maximum atomic E-state index is 12.9. The van der Waals surface area contributed by atoms with E-state index >= 15 is 0 Å². The van der Waals surface area contributed by atoms with Gasteiger partial charge in [0.15, 0.2) is 5.69 Å². The van der Waals surface area contributed by atoms with Gasteiger partial charge in [-0.1, -0.05) is 78.1 Å². The number of nitrogens with one attached hydrogen (secondary N) is 1. The second-order valence-electron chi connectivity index (χ2n) is 10.5. The van der Waals surface area contributed by atoms with Gasteiger partial charge in [-0.15, -0.1) is 5.11 Å². The van der Waals surface area contributed by atoms with Gasteiger partial charge < -0.3 is 21.2 Å². The molecule has 1 unspecified atom stereocenters. The summed E-state index contributed by atoms with van der Waals surface area (Å²) in [7, 11) is 1.71. The van der Waals surface area contributed by atoms with Crippen LogP contribution in [0.1, 0.15) is 112 Å². The second kappa shape index (κ2) is 17.9. The van der Waals surface area contributed by atoms with Crippen LogP contribution in [0.15, 0.2) is 39.3 Å². The number of carbonyl (C=O) groups excluding carboxylic acids is 1. The number of nitrogens with two attached hydrogens (primary N) is 1. The van der Waals surface area contributed by atoms with E-state index in [1.54, 1.807) is 43.1 Å². The van der Waals surface area contributed by atoms with E-state index in [2.05, 4.69) is 29.5 Å². The van der Waals surface area contributed by atoms with Gasteiger partial charge in [0.1, 0.15) is 11.6 Å². The first kappa shape index (κ1) is 33.5. The molecule has 1 aromatic heterocycles. The van der Waals surface area contributed by atoms with Crippen LogP contribution >= 0.6 is 0 Å². The minimum Gasteiger partial charge on any atom is -0.492 e. The van der Waals surface area contributed by atoms with Crippen molar-refractivity contribution in [3.63, 3.8) is 0 Å². The number of aromatic nitrogens is 1. The van der Waals surface area contributed by atoms with Crippen molar-refractivity contribution < 1.29 is 9.90 Å². The Hall–Kier alpha value is -3.71. The molecule has 41 heavy (non-hydrogen) atoms. The van der Waals surface area contributed by atoms with E-state index in [1.165, 1.54) is 38.5 Å². The van der Waals surface area contributed by atoms with Crippen LogP contribution in [0.2, 0.25) is 0 Å². The van der Waals surface area contributed by atoms with E-state index in [9.17, 15) is 20.0 Å². The highest BCUT2D eigenvalue weighted by Crippen LogP contribution is 2.31. The van der Waals surface area contributed by atoms with Crippen LogP contribution in [0.5, 0.6) is 5.88 Å². The summed E-state index contributed by atoms with van der Waals surface area (Å²) in [4.78, 5) is 27.2. The average Bonchev–Trinajstić information content (AvgIpc) is 2.97. The minimum atomic E-state index is -0.626. The average molecular weight is 566 g/mol. The van der Waals surface area contributed by atoms with Gasteiger partial charge in [0.25, 0.3) is 11.5 Å². The monoisotopic (exact) mass is 565 g/mol. The lowest BCUT2D eigenvalue weighted by Crippen LogP contribution is -2.43. The lowest BCUT2D eigenvalue weighted by Gasteiger charge is -2.25. The van der Waals surface area contributed by atoms with E-state index in [1.807, 2.05) is 6.07 Å². The number of azo groups is 1. The van der Waals surface area contributed by atoms with Gasteiger partial charge in [-0.2, -0.15) is 15.1 Å². The lowest BCUT2D eigenvalue weighted by molar-refractivity contribution is 0.0726. The number of nitrogens with zero attached hydrogens (tertiary/aromatic N) is 5. The summed E-state index contributed by atoms with van der Waals surface area (Å²) in [5, 5.41) is 28.8. The zero-order valence-electron chi connectivity index (χ0n) is 25.2. The number of benzene rings is 1. The molecule has 0 saturated carbocycles. The Morgan fingerprint density at radius 2 is 1.61 bits per heavy atom. The van der Waals surface area contributed by atoms with Crippen LogP contribution < -0.4 is 16.7 Å². The smallest absolute Gasteiger partial charge is 0.290 e. The largest absolute Gasteiger partial charge is 0.492 e. The number of carbonyl (C=O) groups is 1. The van der Waals surface area contributed by atoms with Crippen molar-refractivity contribution in [1.82, 2.24) is 9.58 Å². The number of aromatic hydroxyl groups is 1. The topological polar surface area (TPSA) is 149 Å². The van der Waals surface area contributed by atoms with Gasteiger partial charge in [0.2, 0.25) is 5.88 Å². The molecule has 1 aromatic carbocycles. The van der Waals surface area contributed by atoms with Crippen molar-refractivity contribution in [1.29, 1.82) is 5.26 Å². The number of amides is 1. The Labute approximate surface area is 244 Å². The van der Waals surface area contributed by atoms with E-state index in [0.717, 1.165) is 43.2 Å². The molecule has 2 rings (SSSR count). The SMILES string of the molecule is CCCCCCCCNn1c(O)c(/N=N\c2ccc(C(=O)N(C)C(N)CCCCCCC)cc2)c(C)c(C#N)c1=O. The molecule has 0 radical (unpaired) electrons. The quantitative estimate of drug-likeness (QED) is 0.103. The first-order valence-electron chi connectivity index (χ1n) is 14.9. The summed E-state index contributed by atoms with van der Waals surface area (Å²) >= 11 is 0. The summed E-state index contributed by atoms with van der Waals surface area (Å²) in [6.07, 6.45) is 12.6. The Balaban J connectivity index is 2.10. The third-order valence-corrected chi connectivity index (χ3v) is 7.28. The molecule has 0 saturated heterocycles. The highest BCUT2D eigenvalue weighted by atomic mass is 16.3. The molecule has 0 aliphatic rings. The van der Waals surface area contributed by atoms with Crippen molar-refractivity contribution in [3.05, 3.63) is 51.3 Å². The predicted octanol–water partition coefficient (Wildman–Crippen LogP) is 6.77. The molecule has 4 N–H and O–H groups in total. The molecule has 2 aromatic rings. The van der Waals surface area contributed by atoms with Crippen LogP contribution in [0, 0.1) is 18.3 Å². The zero-order valence-corrected chi connectivity index (χ0v) is 25.2. The molecule has 10 heteroatoms. The lowest BCUT2D eigenvalue weighted by atomic mass is 10.1. The van der Waals surface area contributed by atoms with E-state index < -0.39 is 11.4 Å². The first-order valence-corrected chi connectivity index (χ1v) is 14.9. The Morgan fingerprint density at radius 1 is 1.02 bits per heavy atom. The van der Waals surface area contributed by atoms with Crippen molar-refractivity contribution in [2.75, 3.05) is 19.0 Å². The summed E-state index contributed by atoms with van der Waals surface area (Å²) in [6.45, 7) is 6.36. The Bertz CT molecular complexity index is 1230. The summed E-state index contributed by atoms with van der Waals surface area (Å²) in [5.74, 6) is -0.580. The molecule has 1 amide bonds. The van der Waals surface area contributed by atoms with Crippen LogP contribution in [0.4, 0.5) is 11.4 Å². The number of hydrogen-bond acceptors (Lipinski definition) is 8. The zero-order chi connectivity index (χ0) is 30.2. The molecule has 0 spiro atoms. The molecule has 0 bridgehead atoms. The molecule has 0 aliphatic heterocycles. The Morgan fingerprint density at radius 3 is 2.22 bits per heavy atom. The van der Waals surface area contributed by atoms with E-state index in [-0.39, 0.29) is 28.9 Å². The van der Waals surface area contributed by atoms with Gasteiger partial charge in [-0.3, -0.25) is 9.59 Å². The van der Waals surface area contributed by atoms with Crippen LogP contribution in [-0.4, -0.2) is 40.3 Å². The number of unbranched alkanes of at least 4 members (excludes halogenated alkanes) is 9. The molecular weight excluding hydrogens is 518 g/mol. The summed E-state index contributed by atoms with van der Waals surface area (Å²) in [6, 6.07) is 8.51. The second-order valence-corrected chi connectivity index (χ2v) is 10.5. The fraction of sp³-hybridized carbons (Fsp3) is 0.581. The summed E-state index contributed by atoms with van der Waals surface area (Å²) in [5.41, 5.74) is 9.62. The minimum absolute atomic E-state index is 0.0291. The number of hydrogen-bond donors (Lipinski definition) is 3. The first-order chi connectivity index (χ1) is 19.8. The van der Waals surface area contributed by atoms with E-state index in [0.29, 0.717) is 17.8 Å². The molecule has 1 atom stereocenters. The summed E-state index contributed by atoms with van der Waals surface area (Å²) < 4.78 is 0.969. The maximum Gasteiger partial charge on any atom is 0.290 e. The Kier molecular flexibility index (Phi) is 14.6. The standard InChI is InChI=1S/C31H47N7O3/c1-5-7-9-11-13-15-21-34-38-30(40)26(22-32)23(3)28(31(38)41)36-35-25-19-17-24(18-20-25)29(39)37(4)27(33)16-14-12-10-8-6-2/h17-20,27,34,41H,5-16,21,33H2,1-4H3/b36-35-. The van der Waals surface area contributed by atoms with Crippen molar-refractivity contribution in [2.24, 2.45) is 16.0 Å². The van der Waals surface area contributed by atoms with Crippen LogP contribution in [0.3, 0.4) is 0 Å². The van der Waals surface area contributed by atoms with Crippen LogP contribution in [-0.2, 0) is 0 Å². The fourth-order valence-corrected chi connectivity index (χ4v) is 4.54. The van der Waals surface area contributed by atoms with Gasteiger partial charge in [-0.25, -0.2) is 0 Å². The van der Waals surface area contributed by atoms with Gasteiger partial charge in [0.05, 0.1) is 11.9 Å². The highest BCUT2D eigenvalue weighted by Gasteiger charge is 2.20. The molecule has 1 heterocycles. The van der Waals surface area contributed by atoms with Gasteiger partial charge >= 0.3 is 0 Å². The number of pyridine rings is 1. The number of rotatable bonds is 18.